The predicted octanol–water partition coefficient (Wildman–Crippen LogP) is -0.649. The number of aliphatic hydroxyl groups excluding tert-OH is 2. The highest BCUT2D eigenvalue weighted by molar-refractivity contribution is 5.43. The SMILES string of the molecule is COc1ncc(C(O)C(O)CN)cc1[N+](=O)[O-]. The molecule has 4 N–H and O–H groups in total. The summed E-state index contributed by atoms with van der Waals surface area (Å²) in [6, 6.07) is 1.09. The van der Waals surface area contributed by atoms with Crippen molar-refractivity contribution >= 4 is 5.69 Å². The standard InChI is InChI=1S/C9H13N3O5/c1-17-9-6(12(15)16)2-5(4-11-9)8(14)7(13)3-10/h2,4,7-8,13-14H,3,10H2,1H3. The largest absolute Gasteiger partial charge is 0.476 e. The molecule has 2 unspecified atom stereocenters. The first-order chi connectivity index (χ1) is 8.01. The zero-order valence-corrected chi connectivity index (χ0v) is 9.11. The first-order valence-electron chi connectivity index (χ1n) is 4.75. The number of hydrogen-bond donors (Lipinski definition) is 3. The molecule has 1 aromatic heterocycles. The predicted molar refractivity (Wildman–Crippen MR) is 57.5 cm³/mol. The summed E-state index contributed by atoms with van der Waals surface area (Å²) in [7, 11) is 1.25. The van der Waals surface area contributed by atoms with E-state index in [4.69, 9.17) is 10.5 Å². The van der Waals surface area contributed by atoms with Gasteiger partial charge in [0.25, 0.3) is 5.88 Å². The van der Waals surface area contributed by atoms with Crippen LogP contribution in [-0.4, -0.2) is 39.9 Å². The van der Waals surface area contributed by atoms with Crippen molar-refractivity contribution in [3.8, 4) is 5.88 Å². The van der Waals surface area contributed by atoms with Gasteiger partial charge in [-0.2, -0.15) is 0 Å². The Labute approximate surface area is 96.8 Å². The van der Waals surface area contributed by atoms with E-state index in [-0.39, 0.29) is 23.7 Å². The van der Waals surface area contributed by atoms with Crippen LogP contribution in [0.25, 0.3) is 0 Å². The van der Waals surface area contributed by atoms with Gasteiger partial charge in [0.05, 0.1) is 18.1 Å². The van der Waals surface area contributed by atoms with Crippen LogP contribution in [0.2, 0.25) is 0 Å². The Balaban J connectivity index is 3.12. The van der Waals surface area contributed by atoms with Crippen LogP contribution in [0.5, 0.6) is 5.88 Å². The molecule has 0 saturated heterocycles. The lowest BCUT2D eigenvalue weighted by Gasteiger charge is -2.15. The average molecular weight is 243 g/mol. The van der Waals surface area contributed by atoms with Gasteiger partial charge in [-0.25, -0.2) is 4.98 Å². The monoisotopic (exact) mass is 243 g/mol. The lowest BCUT2D eigenvalue weighted by atomic mass is 10.1. The van der Waals surface area contributed by atoms with E-state index in [1.165, 1.54) is 13.3 Å². The van der Waals surface area contributed by atoms with Crippen molar-refractivity contribution in [2.24, 2.45) is 5.73 Å². The topological polar surface area (TPSA) is 132 Å². The molecule has 1 rings (SSSR count). The number of aliphatic hydroxyl groups is 2. The van der Waals surface area contributed by atoms with Crippen LogP contribution in [0.4, 0.5) is 5.69 Å². The minimum Gasteiger partial charge on any atom is -0.476 e. The number of nitro groups is 1. The summed E-state index contributed by atoms with van der Waals surface area (Å²) in [5, 5.41) is 29.7. The summed E-state index contributed by atoms with van der Waals surface area (Å²) >= 11 is 0. The zero-order valence-electron chi connectivity index (χ0n) is 9.11. The number of aromatic nitrogens is 1. The third kappa shape index (κ3) is 2.87. The van der Waals surface area contributed by atoms with Crippen molar-refractivity contribution in [3.63, 3.8) is 0 Å². The van der Waals surface area contributed by atoms with E-state index in [0.717, 1.165) is 6.07 Å². The number of pyridine rings is 1. The van der Waals surface area contributed by atoms with Crippen molar-refractivity contribution in [1.82, 2.24) is 4.98 Å². The van der Waals surface area contributed by atoms with Gasteiger partial charge in [-0.15, -0.1) is 0 Å². The highest BCUT2D eigenvalue weighted by atomic mass is 16.6. The lowest BCUT2D eigenvalue weighted by Crippen LogP contribution is -2.27. The molecule has 0 fully saturated rings. The van der Waals surface area contributed by atoms with E-state index in [2.05, 4.69) is 4.98 Å². The van der Waals surface area contributed by atoms with Gasteiger partial charge in [-0.05, 0) is 0 Å². The quantitative estimate of drug-likeness (QED) is 0.462. The molecule has 8 heteroatoms. The Morgan fingerprint density at radius 2 is 2.29 bits per heavy atom. The first-order valence-corrected chi connectivity index (χ1v) is 4.75. The van der Waals surface area contributed by atoms with Gasteiger partial charge < -0.3 is 20.7 Å². The molecule has 2 atom stereocenters. The molecule has 94 valence electrons. The molecule has 0 aliphatic heterocycles. The van der Waals surface area contributed by atoms with Crippen molar-refractivity contribution < 1.29 is 19.9 Å². The summed E-state index contributed by atoms with van der Waals surface area (Å²) in [4.78, 5) is 13.7. The minimum absolute atomic E-state index is 0.107. The molecule has 0 saturated carbocycles. The third-order valence-corrected chi connectivity index (χ3v) is 2.19. The molecule has 17 heavy (non-hydrogen) atoms. The van der Waals surface area contributed by atoms with Crippen LogP contribution in [0, 0.1) is 10.1 Å². The molecule has 0 aliphatic carbocycles. The van der Waals surface area contributed by atoms with E-state index in [1.54, 1.807) is 0 Å². The zero-order chi connectivity index (χ0) is 13.0. The fourth-order valence-electron chi connectivity index (χ4n) is 1.26. The maximum atomic E-state index is 10.7. The van der Waals surface area contributed by atoms with Crippen LogP contribution >= 0.6 is 0 Å². The van der Waals surface area contributed by atoms with Crippen LogP contribution in [-0.2, 0) is 0 Å². The molecule has 1 heterocycles. The molecule has 0 bridgehead atoms. The second-order valence-corrected chi connectivity index (χ2v) is 3.30. The molecule has 0 amide bonds. The molecule has 0 aromatic carbocycles. The Morgan fingerprint density at radius 3 is 2.76 bits per heavy atom. The fourth-order valence-corrected chi connectivity index (χ4v) is 1.26. The van der Waals surface area contributed by atoms with Crippen molar-refractivity contribution in [1.29, 1.82) is 0 Å². The maximum Gasteiger partial charge on any atom is 0.331 e. The number of rotatable bonds is 5. The lowest BCUT2D eigenvalue weighted by molar-refractivity contribution is -0.386. The van der Waals surface area contributed by atoms with Gasteiger partial charge in [-0.3, -0.25) is 10.1 Å². The summed E-state index contributed by atoms with van der Waals surface area (Å²) < 4.78 is 4.71. The Hall–Kier alpha value is -1.77. The normalized spacial score (nSPS) is 14.1. The highest BCUT2D eigenvalue weighted by Crippen LogP contribution is 2.28. The van der Waals surface area contributed by atoms with Gasteiger partial charge in [-0.1, -0.05) is 0 Å². The van der Waals surface area contributed by atoms with E-state index in [1.807, 2.05) is 0 Å². The Kier molecular flexibility index (Phi) is 4.32. The van der Waals surface area contributed by atoms with Crippen molar-refractivity contribution in [2.45, 2.75) is 12.2 Å². The van der Waals surface area contributed by atoms with E-state index < -0.39 is 17.1 Å². The second-order valence-electron chi connectivity index (χ2n) is 3.30. The van der Waals surface area contributed by atoms with Gasteiger partial charge >= 0.3 is 5.69 Å². The average Bonchev–Trinajstić information content (AvgIpc) is 2.35. The maximum absolute atomic E-state index is 10.7. The number of ether oxygens (including phenoxy) is 1. The summed E-state index contributed by atoms with van der Waals surface area (Å²) in [6.07, 6.45) is -1.34. The Bertz CT molecular complexity index is 412. The van der Waals surface area contributed by atoms with Gasteiger partial charge in [0.2, 0.25) is 0 Å². The Morgan fingerprint density at radius 1 is 1.65 bits per heavy atom. The highest BCUT2D eigenvalue weighted by Gasteiger charge is 2.23. The fraction of sp³-hybridized carbons (Fsp3) is 0.444. The summed E-state index contributed by atoms with van der Waals surface area (Å²) in [6.45, 7) is -0.166. The van der Waals surface area contributed by atoms with E-state index in [0.29, 0.717) is 0 Å². The molecule has 0 spiro atoms. The second kappa shape index (κ2) is 5.53. The van der Waals surface area contributed by atoms with Gasteiger partial charge in [0, 0.05) is 24.4 Å². The number of hydrogen-bond acceptors (Lipinski definition) is 7. The van der Waals surface area contributed by atoms with Crippen LogP contribution in [0.3, 0.4) is 0 Å². The third-order valence-electron chi connectivity index (χ3n) is 2.19. The number of nitrogens with zero attached hydrogens (tertiary/aromatic N) is 2. The van der Waals surface area contributed by atoms with Crippen molar-refractivity contribution in [3.05, 3.63) is 27.9 Å². The van der Waals surface area contributed by atoms with Crippen LogP contribution in [0.1, 0.15) is 11.7 Å². The summed E-state index contributed by atoms with van der Waals surface area (Å²) in [5.41, 5.74) is 4.90. The molecular weight excluding hydrogens is 230 g/mol. The smallest absolute Gasteiger partial charge is 0.331 e. The molecule has 1 aromatic rings. The van der Waals surface area contributed by atoms with E-state index >= 15 is 0 Å². The van der Waals surface area contributed by atoms with Crippen LogP contribution in [0.15, 0.2) is 12.3 Å². The minimum atomic E-state index is -1.32. The molecule has 0 aliphatic rings. The molecule has 0 radical (unpaired) electrons. The molecular formula is C9H13N3O5. The van der Waals surface area contributed by atoms with Crippen LogP contribution < -0.4 is 10.5 Å². The molecule has 8 nitrogen and oxygen atoms in total. The first kappa shape index (κ1) is 13.3. The van der Waals surface area contributed by atoms with Gasteiger partial charge in [0.1, 0.15) is 6.10 Å². The summed E-state index contributed by atoms with van der Waals surface area (Å²) in [5.74, 6) is -0.159. The van der Waals surface area contributed by atoms with E-state index in [9.17, 15) is 20.3 Å². The number of nitrogens with two attached hydrogens (primary N) is 1. The van der Waals surface area contributed by atoms with Crippen molar-refractivity contribution in [2.75, 3.05) is 13.7 Å². The van der Waals surface area contributed by atoms with Gasteiger partial charge in [0.15, 0.2) is 0 Å². The number of methoxy groups -OCH3 is 1.